The van der Waals surface area contributed by atoms with Gasteiger partial charge < -0.3 is 9.64 Å². The molecule has 1 heterocycles. The zero-order valence-corrected chi connectivity index (χ0v) is 13.0. The molecule has 0 spiro atoms. The van der Waals surface area contributed by atoms with Gasteiger partial charge in [-0.05, 0) is 18.2 Å². The van der Waals surface area contributed by atoms with Crippen LogP contribution in [0.3, 0.4) is 0 Å². The van der Waals surface area contributed by atoms with Gasteiger partial charge in [0.25, 0.3) is 5.91 Å². The van der Waals surface area contributed by atoms with Crippen LogP contribution in [-0.4, -0.2) is 62.1 Å². The molecule has 0 N–H and O–H groups in total. The lowest BCUT2D eigenvalue weighted by atomic mass is 10.2. The molecule has 0 unspecified atom stereocenters. The first-order valence-corrected chi connectivity index (χ1v) is 7.33. The standard InChI is InChI=1S/C14H18Cl2N2O2/c1-20-9-8-17-4-6-18(7-5-17)14(19)11-2-3-12(15)13(16)10-11/h2-3,10H,4-9H2,1H3. The summed E-state index contributed by atoms with van der Waals surface area (Å²) in [6.07, 6.45) is 0. The first-order chi connectivity index (χ1) is 9.61. The van der Waals surface area contributed by atoms with Gasteiger partial charge in [0.15, 0.2) is 0 Å². The van der Waals surface area contributed by atoms with Crippen molar-refractivity contribution in [3.05, 3.63) is 33.8 Å². The van der Waals surface area contributed by atoms with Crippen LogP contribution < -0.4 is 0 Å². The Morgan fingerprint density at radius 1 is 1.20 bits per heavy atom. The second-order valence-electron chi connectivity index (χ2n) is 4.76. The molecule has 1 aromatic carbocycles. The zero-order chi connectivity index (χ0) is 14.5. The van der Waals surface area contributed by atoms with Crippen LogP contribution in [0.2, 0.25) is 10.0 Å². The Kier molecular flexibility index (Phi) is 5.66. The minimum atomic E-state index is 0.00922. The van der Waals surface area contributed by atoms with Crippen LogP contribution in [0.25, 0.3) is 0 Å². The Morgan fingerprint density at radius 3 is 2.50 bits per heavy atom. The van der Waals surface area contributed by atoms with Crippen molar-refractivity contribution in [2.24, 2.45) is 0 Å². The number of carbonyl (C=O) groups excluding carboxylic acids is 1. The van der Waals surface area contributed by atoms with Crippen molar-refractivity contribution in [2.75, 3.05) is 46.4 Å². The monoisotopic (exact) mass is 316 g/mol. The summed E-state index contributed by atoms with van der Waals surface area (Å²) < 4.78 is 5.06. The predicted molar refractivity (Wildman–Crippen MR) is 80.7 cm³/mol. The SMILES string of the molecule is COCCN1CCN(C(=O)c2ccc(Cl)c(Cl)c2)CC1. The van der Waals surface area contributed by atoms with Gasteiger partial charge in [-0.1, -0.05) is 23.2 Å². The maximum Gasteiger partial charge on any atom is 0.253 e. The second-order valence-corrected chi connectivity index (χ2v) is 5.57. The van der Waals surface area contributed by atoms with Gasteiger partial charge >= 0.3 is 0 Å². The topological polar surface area (TPSA) is 32.8 Å². The van der Waals surface area contributed by atoms with Crippen LogP contribution in [0.4, 0.5) is 0 Å². The van der Waals surface area contributed by atoms with E-state index in [1.807, 2.05) is 4.90 Å². The summed E-state index contributed by atoms with van der Waals surface area (Å²) in [5.41, 5.74) is 0.588. The third-order valence-electron chi connectivity index (χ3n) is 3.44. The normalized spacial score (nSPS) is 16.4. The maximum absolute atomic E-state index is 12.4. The van der Waals surface area contributed by atoms with Gasteiger partial charge in [-0.15, -0.1) is 0 Å². The number of rotatable bonds is 4. The number of hydrogen-bond donors (Lipinski definition) is 0. The summed E-state index contributed by atoms with van der Waals surface area (Å²) in [4.78, 5) is 16.5. The number of carbonyl (C=O) groups is 1. The predicted octanol–water partition coefficient (Wildman–Crippen LogP) is 2.40. The van der Waals surface area contributed by atoms with Gasteiger partial charge in [-0.3, -0.25) is 9.69 Å². The van der Waals surface area contributed by atoms with Crippen molar-refractivity contribution < 1.29 is 9.53 Å². The number of piperazine rings is 1. The average Bonchev–Trinajstić information content (AvgIpc) is 2.48. The highest BCUT2D eigenvalue weighted by Gasteiger charge is 2.22. The summed E-state index contributed by atoms with van der Waals surface area (Å²) >= 11 is 11.8. The number of methoxy groups -OCH3 is 1. The number of ether oxygens (including phenoxy) is 1. The maximum atomic E-state index is 12.4. The summed E-state index contributed by atoms with van der Waals surface area (Å²) in [5, 5.41) is 0.879. The third-order valence-corrected chi connectivity index (χ3v) is 4.18. The molecular formula is C14H18Cl2N2O2. The first kappa shape index (κ1) is 15.6. The lowest BCUT2D eigenvalue weighted by Gasteiger charge is -2.34. The Morgan fingerprint density at radius 2 is 1.90 bits per heavy atom. The Hall–Kier alpha value is -0.810. The fourth-order valence-corrected chi connectivity index (χ4v) is 2.50. The second kappa shape index (κ2) is 7.27. The van der Waals surface area contributed by atoms with Crippen LogP contribution in [0.15, 0.2) is 18.2 Å². The summed E-state index contributed by atoms with van der Waals surface area (Å²) in [6.45, 7) is 4.82. The van der Waals surface area contributed by atoms with Crippen LogP contribution in [0.1, 0.15) is 10.4 Å². The molecule has 1 fully saturated rings. The molecule has 1 aliphatic rings. The minimum Gasteiger partial charge on any atom is -0.383 e. The molecule has 2 rings (SSSR count). The van der Waals surface area contributed by atoms with Gasteiger partial charge in [0, 0.05) is 45.4 Å². The number of amides is 1. The minimum absolute atomic E-state index is 0.00922. The zero-order valence-electron chi connectivity index (χ0n) is 11.4. The molecule has 0 aromatic heterocycles. The average molecular weight is 317 g/mol. The van der Waals surface area contributed by atoms with E-state index >= 15 is 0 Å². The molecule has 1 aliphatic heterocycles. The van der Waals surface area contributed by atoms with E-state index in [1.54, 1.807) is 25.3 Å². The molecule has 4 nitrogen and oxygen atoms in total. The number of benzene rings is 1. The van der Waals surface area contributed by atoms with Crippen molar-refractivity contribution in [1.82, 2.24) is 9.80 Å². The number of halogens is 2. The highest BCUT2D eigenvalue weighted by Crippen LogP contribution is 2.23. The first-order valence-electron chi connectivity index (χ1n) is 6.57. The van der Waals surface area contributed by atoms with E-state index in [0.717, 1.165) is 39.3 Å². The molecule has 0 saturated carbocycles. The van der Waals surface area contributed by atoms with Crippen molar-refractivity contribution in [3.8, 4) is 0 Å². The van der Waals surface area contributed by atoms with Crippen molar-refractivity contribution in [2.45, 2.75) is 0 Å². The van der Waals surface area contributed by atoms with E-state index in [4.69, 9.17) is 27.9 Å². The van der Waals surface area contributed by atoms with E-state index in [9.17, 15) is 4.79 Å². The van der Waals surface area contributed by atoms with Gasteiger partial charge in [0.2, 0.25) is 0 Å². The molecule has 0 bridgehead atoms. The number of nitrogens with zero attached hydrogens (tertiary/aromatic N) is 2. The quantitative estimate of drug-likeness (QED) is 0.855. The smallest absolute Gasteiger partial charge is 0.253 e. The van der Waals surface area contributed by atoms with Crippen molar-refractivity contribution >= 4 is 29.1 Å². The molecular weight excluding hydrogens is 299 g/mol. The van der Waals surface area contributed by atoms with Crippen LogP contribution in [0, 0.1) is 0 Å². The fraction of sp³-hybridized carbons (Fsp3) is 0.500. The highest BCUT2D eigenvalue weighted by molar-refractivity contribution is 6.42. The Labute approximate surface area is 129 Å². The Bertz CT molecular complexity index is 474. The molecule has 0 atom stereocenters. The van der Waals surface area contributed by atoms with Crippen LogP contribution >= 0.6 is 23.2 Å². The summed E-state index contributed by atoms with van der Waals surface area (Å²) in [6, 6.07) is 5.00. The Balaban J connectivity index is 1.92. The van der Waals surface area contributed by atoms with Gasteiger partial charge in [-0.2, -0.15) is 0 Å². The summed E-state index contributed by atoms with van der Waals surface area (Å²) in [5.74, 6) is 0.00922. The number of hydrogen-bond acceptors (Lipinski definition) is 3. The van der Waals surface area contributed by atoms with Crippen LogP contribution in [0.5, 0.6) is 0 Å². The molecule has 0 aliphatic carbocycles. The molecule has 110 valence electrons. The third kappa shape index (κ3) is 3.85. The van der Waals surface area contributed by atoms with E-state index in [1.165, 1.54) is 0 Å². The molecule has 1 amide bonds. The highest BCUT2D eigenvalue weighted by atomic mass is 35.5. The van der Waals surface area contributed by atoms with E-state index in [2.05, 4.69) is 4.90 Å². The van der Waals surface area contributed by atoms with E-state index in [-0.39, 0.29) is 5.91 Å². The van der Waals surface area contributed by atoms with Gasteiger partial charge in [0.1, 0.15) is 0 Å². The van der Waals surface area contributed by atoms with E-state index in [0.29, 0.717) is 15.6 Å². The summed E-state index contributed by atoms with van der Waals surface area (Å²) in [7, 11) is 1.70. The van der Waals surface area contributed by atoms with Crippen molar-refractivity contribution in [3.63, 3.8) is 0 Å². The molecule has 0 radical (unpaired) electrons. The molecule has 20 heavy (non-hydrogen) atoms. The lowest BCUT2D eigenvalue weighted by Crippen LogP contribution is -2.49. The molecule has 1 saturated heterocycles. The molecule has 6 heteroatoms. The fourth-order valence-electron chi connectivity index (χ4n) is 2.21. The van der Waals surface area contributed by atoms with Gasteiger partial charge in [0.05, 0.1) is 16.7 Å². The van der Waals surface area contributed by atoms with Gasteiger partial charge in [-0.25, -0.2) is 0 Å². The molecule has 1 aromatic rings. The lowest BCUT2D eigenvalue weighted by molar-refractivity contribution is 0.0594. The van der Waals surface area contributed by atoms with Crippen LogP contribution in [-0.2, 0) is 4.74 Å². The van der Waals surface area contributed by atoms with Crippen molar-refractivity contribution in [1.29, 1.82) is 0 Å². The van der Waals surface area contributed by atoms with E-state index < -0.39 is 0 Å². The largest absolute Gasteiger partial charge is 0.383 e.